The minimum Gasteiger partial charge on any atom is -0.351 e. The van der Waals surface area contributed by atoms with E-state index in [-0.39, 0.29) is 11.6 Å². The predicted molar refractivity (Wildman–Crippen MR) is 136 cm³/mol. The summed E-state index contributed by atoms with van der Waals surface area (Å²) in [5, 5.41) is 10.1. The van der Waals surface area contributed by atoms with Crippen LogP contribution in [0.3, 0.4) is 0 Å². The summed E-state index contributed by atoms with van der Waals surface area (Å²) in [6.07, 6.45) is 2.38. The van der Waals surface area contributed by atoms with Crippen LogP contribution in [0.25, 0.3) is 21.7 Å². The molecule has 0 aliphatic heterocycles. The predicted octanol–water partition coefficient (Wildman–Crippen LogP) is 4.83. The number of nitrogens with zero attached hydrogens (tertiary/aromatic N) is 7. The van der Waals surface area contributed by atoms with E-state index in [4.69, 9.17) is 5.53 Å². The summed E-state index contributed by atoms with van der Waals surface area (Å²) in [7, 11) is 1.66. The molecule has 2 aromatic carbocycles. The summed E-state index contributed by atoms with van der Waals surface area (Å²) in [6.45, 7) is 2.36. The molecule has 0 aliphatic carbocycles. The van der Waals surface area contributed by atoms with Gasteiger partial charge in [-0.25, -0.2) is 9.97 Å². The molecule has 0 bridgehead atoms. The molecular formula is C25H25N9O. The van der Waals surface area contributed by atoms with Gasteiger partial charge in [-0.05, 0) is 36.1 Å². The fraction of sp³-hybridized carbons (Fsp3) is 0.200. The Labute approximate surface area is 202 Å². The van der Waals surface area contributed by atoms with Crippen molar-refractivity contribution in [2.75, 3.05) is 10.6 Å². The number of rotatable bonds is 9. The van der Waals surface area contributed by atoms with Gasteiger partial charge in [-0.1, -0.05) is 59.7 Å². The Bertz CT molecular complexity index is 1410. The smallest absolute Gasteiger partial charge is 0.255 e. The first-order chi connectivity index (χ1) is 17.0. The van der Waals surface area contributed by atoms with Gasteiger partial charge in [0.2, 0.25) is 11.9 Å². The fourth-order valence-electron chi connectivity index (χ4n) is 3.61. The number of hydrogen-bond donors (Lipinski definition) is 2. The van der Waals surface area contributed by atoms with Gasteiger partial charge in [0.25, 0.3) is 5.56 Å². The molecule has 0 amide bonds. The average Bonchev–Trinajstić information content (AvgIpc) is 2.86. The van der Waals surface area contributed by atoms with Gasteiger partial charge in [-0.2, -0.15) is 4.98 Å². The molecule has 2 heterocycles. The minimum absolute atomic E-state index is 0.0452. The van der Waals surface area contributed by atoms with E-state index in [1.54, 1.807) is 19.3 Å². The largest absolute Gasteiger partial charge is 0.351 e. The van der Waals surface area contributed by atoms with Gasteiger partial charge in [0, 0.05) is 35.8 Å². The van der Waals surface area contributed by atoms with Crippen LogP contribution in [0.15, 0.2) is 82.8 Å². The summed E-state index contributed by atoms with van der Waals surface area (Å²) in [5.41, 5.74) is 11.9. The molecule has 10 heteroatoms. The Morgan fingerprint density at radius 2 is 1.86 bits per heavy atom. The summed E-state index contributed by atoms with van der Waals surface area (Å²) < 4.78 is 1.44. The summed E-state index contributed by atoms with van der Waals surface area (Å²) in [5.74, 6) is 1.35. The van der Waals surface area contributed by atoms with Crippen molar-refractivity contribution >= 4 is 17.7 Å². The van der Waals surface area contributed by atoms with E-state index < -0.39 is 0 Å². The van der Waals surface area contributed by atoms with E-state index >= 15 is 0 Å². The van der Waals surface area contributed by atoms with Crippen molar-refractivity contribution < 1.29 is 0 Å². The molecule has 10 nitrogen and oxygen atoms in total. The van der Waals surface area contributed by atoms with Crippen LogP contribution in [0.5, 0.6) is 0 Å². The molecule has 0 radical (unpaired) electrons. The first-order valence-electron chi connectivity index (χ1n) is 11.1. The van der Waals surface area contributed by atoms with Gasteiger partial charge >= 0.3 is 0 Å². The molecule has 4 rings (SSSR count). The van der Waals surface area contributed by atoms with Crippen LogP contribution in [-0.4, -0.2) is 25.6 Å². The second-order valence-electron chi connectivity index (χ2n) is 8.08. The lowest BCUT2D eigenvalue weighted by Gasteiger charge is -2.15. The molecule has 0 saturated carbocycles. The Hall–Kier alpha value is -4.69. The van der Waals surface area contributed by atoms with Gasteiger partial charge < -0.3 is 10.6 Å². The molecule has 35 heavy (non-hydrogen) atoms. The highest BCUT2D eigenvalue weighted by molar-refractivity contribution is 5.61. The zero-order valence-corrected chi connectivity index (χ0v) is 19.5. The molecule has 1 atom stereocenters. The number of nitrogens with one attached hydrogen (secondary N) is 2. The average molecular weight is 468 g/mol. The van der Waals surface area contributed by atoms with Crippen molar-refractivity contribution in [3.05, 3.63) is 105 Å². The fourth-order valence-corrected chi connectivity index (χ4v) is 3.61. The maximum absolute atomic E-state index is 12.5. The normalized spacial score (nSPS) is 11.4. The topological polar surface area (TPSA) is 133 Å². The quantitative estimate of drug-likeness (QED) is 0.206. The van der Waals surface area contributed by atoms with Crippen molar-refractivity contribution in [1.82, 2.24) is 19.5 Å². The van der Waals surface area contributed by atoms with Crippen molar-refractivity contribution in [1.29, 1.82) is 0 Å². The van der Waals surface area contributed by atoms with E-state index in [9.17, 15) is 4.79 Å². The lowest BCUT2D eigenvalue weighted by atomic mass is 10.0. The van der Waals surface area contributed by atoms with Gasteiger partial charge in [0.05, 0.1) is 12.2 Å². The summed E-state index contributed by atoms with van der Waals surface area (Å²) >= 11 is 0. The van der Waals surface area contributed by atoms with Crippen LogP contribution in [0.2, 0.25) is 0 Å². The molecule has 2 N–H and O–H groups in total. The van der Waals surface area contributed by atoms with E-state index in [1.165, 1.54) is 10.6 Å². The Morgan fingerprint density at radius 1 is 1.06 bits per heavy atom. The van der Waals surface area contributed by atoms with Crippen LogP contribution in [-0.2, 0) is 20.0 Å². The summed E-state index contributed by atoms with van der Waals surface area (Å²) in [4.78, 5) is 28.8. The number of anilines is 3. The third-order valence-corrected chi connectivity index (χ3v) is 5.33. The monoisotopic (exact) mass is 467 g/mol. The van der Waals surface area contributed by atoms with Crippen molar-refractivity contribution in [2.45, 2.75) is 25.9 Å². The zero-order chi connectivity index (χ0) is 24.6. The van der Waals surface area contributed by atoms with E-state index in [0.29, 0.717) is 30.0 Å². The number of benzene rings is 2. The maximum Gasteiger partial charge on any atom is 0.255 e. The molecule has 0 aliphatic rings. The van der Waals surface area contributed by atoms with Gasteiger partial charge in [-0.15, -0.1) is 0 Å². The lowest BCUT2D eigenvalue weighted by Crippen LogP contribution is -2.22. The van der Waals surface area contributed by atoms with Crippen LogP contribution >= 0.6 is 0 Å². The van der Waals surface area contributed by atoms with Crippen LogP contribution in [0, 0.1) is 0 Å². The number of aromatic nitrogens is 4. The highest BCUT2D eigenvalue weighted by atomic mass is 16.1. The second kappa shape index (κ2) is 11.0. The third-order valence-electron chi connectivity index (χ3n) is 5.33. The molecule has 1 unspecified atom stereocenters. The third kappa shape index (κ3) is 6.21. The molecular weight excluding hydrogens is 442 g/mol. The second-order valence-corrected chi connectivity index (χ2v) is 8.08. The van der Waals surface area contributed by atoms with Crippen molar-refractivity contribution in [2.24, 2.45) is 12.2 Å². The molecule has 0 spiro atoms. The molecule has 0 saturated heterocycles. The molecule has 4 aromatic rings. The van der Waals surface area contributed by atoms with Gasteiger partial charge in [-0.3, -0.25) is 9.36 Å². The first kappa shape index (κ1) is 23.5. The highest BCUT2D eigenvalue weighted by Crippen LogP contribution is 2.19. The van der Waals surface area contributed by atoms with Gasteiger partial charge in [0.15, 0.2) is 0 Å². The Balaban J connectivity index is 1.47. The zero-order valence-electron chi connectivity index (χ0n) is 19.5. The van der Waals surface area contributed by atoms with Crippen molar-refractivity contribution in [3.63, 3.8) is 0 Å². The van der Waals surface area contributed by atoms with E-state index in [2.05, 4.69) is 35.6 Å². The molecule has 176 valence electrons. The first-order valence-corrected chi connectivity index (χ1v) is 11.1. The molecule has 0 fully saturated rings. The maximum atomic E-state index is 12.5. The van der Waals surface area contributed by atoms with Crippen LogP contribution < -0.4 is 16.2 Å². The molecule has 2 aromatic heterocycles. The lowest BCUT2D eigenvalue weighted by molar-refractivity contribution is 0.775. The number of azide groups is 1. The SMILES string of the molecule is CC(Cc1cccc(CN=[N+]=[N-])c1)Nc1nccc(Nc2nc(-c3ccccc3)cc(=O)n2C)n1. The standard InChI is InChI=1S/C25H25N9O/c1-17(13-18-7-6-8-19(14-18)16-28-33-26)29-24-27-12-11-22(31-24)32-25-30-21(15-23(35)34(25)2)20-9-4-3-5-10-20/h3-12,14-15,17H,13,16H2,1-2H3,(H2,27,29,30,31,32). The van der Waals surface area contributed by atoms with E-state index in [0.717, 1.165) is 23.1 Å². The Kier molecular flexibility index (Phi) is 7.34. The van der Waals surface area contributed by atoms with Gasteiger partial charge in [0.1, 0.15) is 5.82 Å². The number of hydrogen-bond acceptors (Lipinski definition) is 7. The summed E-state index contributed by atoms with van der Waals surface area (Å²) in [6, 6.07) is 20.8. The van der Waals surface area contributed by atoms with Crippen LogP contribution in [0.4, 0.5) is 17.7 Å². The van der Waals surface area contributed by atoms with Crippen LogP contribution in [0.1, 0.15) is 18.1 Å². The Morgan fingerprint density at radius 3 is 2.66 bits per heavy atom. The minimum atomic E-state index is -0.176. The van der Waals surface area contributed by atoms with E-state index in [1.807, 2.05) is 61.5 Å². The highest BCUT2D eigenvalue weighted by Gasteiger charge is 2.11. The van der Waals surface area contributed by atoms with Crippen molar-refractivity contribution in [3.8, 4) is 11.3 Å².